The van der Waals surface area contributed by atoms with Gasteiger partial charge >= 0.3 is 0 Å². The Hall–Kier alpha value is -2.39. The van der Waals surface area contributed by atoms with E-state index in [-0.39, 0.29) is 17.1 Å². The third kappa shape index (κ3) is 2.80. The molecule has 1 N–H and O–H groups in total. The van der Waals surface area contributed by atoms with Crippen molar-refractivity contribution in [2.75, 3.05) is 5.32 Å². The second-order valence-corrected chi connectivity index (χ2v) is 9.61. The van der Waals surface area contributed by atoms with Crippen LogP contribution < -0.4 is 5.32 Å². The zero-order chi connectivity index (χ0) is 19.5. The first kappa shape index (κ1) is 17.7. The molecule has 1 aliphatic carbocycles. The van der Waals surface area contributed by atoms with Gasteiger partial charge in [-0.3, -0.25) is 4.79 Å². The lowest BCUT2D eigenvalue weighted by atomic mass is 9.68. The largest absolute Gasteiger partial charge is 0.358 e. The molecule has 1 heterocycles. The first-order valence-corrected chi connectivity index (χ1v) is 10.5. The van der Waals surface area contributed by atoms with E-state index in [2.05, 4.69) is 95.8 Å². The van der Waals surface area contributed by atoms with Crippen molar-refractivity contribution in [2.45, 2.75) is 32.6 Å². The van der Waals surface area contributed by atoms with Gasteiger partial charge in [-0.1, -0.05) is 72.2 Å². The van der Waals surface area contributed by atoms with Gasteiger partial charge in [0.2, 0.25) is 0 Å². The van der Waals surface area contributed by atoms with Crippen molar-refractivity contribution >= 4 is 38.2 Å². The summed E-state index contributed by atoms with van der Waals surface area (Å²) in [4.78, 5) is 13.3. The Morgan fingerprint density at radius 2 is 1.71 bits per heavy atom. The van der Waals surface area contributed by atoms with Crippen LogP contribution in [0.3, 0.4) is 0 Å². The maximum atomic E-state index is 13.3. The zero-order valence-corrected chi connectivity index (χ0v) is 17.6. The molecule has 0 radical (unpaired) electrons. The van der Waals surface area contributed by atoms with Gasteiger partial charge in [0, 0.05) is 33.8 Å². The quantitative estimate of drug-likeness (QED) is 0.458. The minimum absolute atomic E-state index is 0.0124. The van der Waals surface area contributed by atoms with E-state index < -0.39 is 0 Å². The van der Waals surface area contributed by atoms with Gasteiger partial charge in [0.1, 0.15) is 0 Å². The molecular formula is C25H22BrNO. The van der Waals surface area contributed by atoms with Crippen molar-refractivity contribution < 1.29 is 4.79 Å². The molecule has 0 unspecified atom stereocenters. The van der Waals surface area contributed by atoms with E-state index in [0.717, 1.165) is 27.9 Å². The average Bonchev–Trinajstić information content (AvgIpc) is 2.66. The molecule has 0 amide bonds. The molecule has 3 heteroatoms. The highest BCUT2D eigenvalue weighted by atomic mass is 79.9. The van der Waals surface area contributed by atoms with Crippen LogP contribution in [0.4, 0.5) is 5.69 Å². The molecule has 0 saturated heterocycles. The van der Waals surface area contributed by atoms with Crippen LogP contribution in [-0.2, 0) is 4.79 Å². The number of ketones is 1. The summed E-state index contributed by atoms with van der Waals surface area (Å²) in [6, 6.07) is 21.2. The van der Waals surface area contributed by atoms with E-state index in [1.54, 1.807) is 0 Å². The Kier molecular flexibility index (Phi) is 3.99. The van der Waals surface area contributed by atoms with Gasteiger partial charge in [0.15, 0.2) is 5.78 Å². The van der Waals surface area contributed by atoms with Crippen LogP contribution in [0.5, 0.6) is 0 Å². The van der Waals surface area contributed by atoms with E-state index in [4.69, 9.17) is 0 Å². The number of hydrogen-bond acceptors (Lipinski definition) is 2. The summed E-state index contributed by atoms with van der Waals surface area (Å²) in [6.45, 7) is 4.36. The van der Waals surface area contributed by atoms with Crippen LogP contribution in [0.2, 0.25) is 0 Å². The number of benzene rings is 3. The summed E-state index contributed by atoms with van der Waals surface area (Å²) < 4.78 is 1.05. The molecule has 0 spiro atoms. The highest BCUT2D eigenvalue weighted by Crippen LogP contribution is 2.50. The van der Waals surface area contributed by atoms with Crippen LogP contribution in [0.1, 0.15) is 43.7 Å². The van der Waals surface area contributed by atoms with Gasteiger partial charge < -0.3 is 5.32 Å². The number of allylic oxidation sites excluding steroid dienone is 2. The van der Waals surface area contributed by atoms with Gasteiger partial charge in [-0.2, -0.15) is 0 Å². The first-order valence-electron chi connectivity index (χ1n) is 9.73. The summed E-state index contributed by atoms with van der Waals surface area (Å²) in [5, 5.41) is 6.06. The van der Waals surface area contributed by atoms with Crippen molar-refractivity contribution in [1.82, 2.24) is 0 Å². The SMILES string of the molecule is CC1(C)CC(=O)C2=C(C1)Nc1ccc3ccccc3c1[C@H]2c1ccc(Br)cc1. The average molecular weight is 432 g/mol. The van der Waals surface area contributed by atoms with Crippen LogP contribution >= 0.6 is 15.9 Å². The normalized spacial score (nSPS) is 20.5. The molecule has 140 valence electrons. The zero-order valence-electron chi connectivity index (χ0n) is 16.1. The van der Waals surface area contributed by atoms with Crippen LogP contribution in [0.25, 0.3) is 10.8 Å². The van der Waals surface area contributed by atoms with E-state index in [9.17, 15) is 4.79 Å². The Morgan fingerprint density at radius 1 is 0.964 bits per heavy atom. The predicted octanol–water partition coefficient (Wildman–Crippen LogP) is 6.80. The summed E-state index contributed by atoms with van der Waals surface area (Å²) >= 11 is 3.55. The lowest BCUT2D eigenvalue weighted by molar-refractivity contribution is -0.118. The summed E-state index contributed by atoms with van der Waals surface area (Å²) in [6.07, 6.45) is 1.49. The van der Waals surface area contributed by atoms with E-state index in [0.29, 0.717) is 6.42 Å². The lowest BCUT2D eigenvalue weighted by Gasteiger charge is -2.40. The third-order valence-electron chi connectivity index (χ3n) is 5.96. The fourth-order valence-electron chi connectivity index (χ4n) is 4.79. The van der Waals surface area contributed by atoms with Crippen LogP contribution in [-0.4, -0.2) is 5.78 Å². The second kappa shape index (κ2) is 6.31. The number of hydrogen-bond donors (Lipinski definition) is 1. The topological polar surface area (TPSA) is 29.1 Å². The summed E-state index contributed by atoms with van der Waals surface area (Å²) in [5.41, 5.74) is 5.54. The number of nitrogens with one attached hydrogen (secondary N) is 1. The Labute approximate surface area is 173 Å². The van der Waals surface area contributed by atoms with Crippen LogP contribution in [0.15, 0.2) is 76.4 Å². The summed E-state index contributed by atoms with van der Waals surface area (Å²) in [5.74, 6) is 0.235. The number of rotatable bonds is 1. The smallest absolute Gasteiger partial charge is 0.162 e. The van der Waals surface area contributed by atoms with Gasteiger partial charge in [-0.05, 0) is 51.9 Å². The molecule has 5 rings (SSSR count). The van der Waals surface area contributed by atoms with E-state index in [1.807, 2.05) is 0 Å². The first-order chi connectivity index (χ1) is 13.4. The second-order valence-electron chi connectivity index (χ2n) is 8.69. The Morgan fingerprint density at radius 3 is 2.50 bits per heavy atom. The van der Waals surface area contributed by atoms with Crippen LogP contribution in [0, 0.1) is 5.41 Å². The highest BCUT2D eigenvalue weighted by molar-refractivity contribution is 9.10. The molecule has 2 aliphatic rings. The number of carbonyl (C=O) groups is 1. The molecule has 0 fully saturated rings. The van der Waals surface area contributed by atoms with Crippen molar-refractivity contribution in [3.63, 3.8) is 0 Å². The molecule has 28 heavy (non-hydrogen) atoms. The summed E-state index contributed by atoms with van der Waals surface area (Å²) in [7, 11) is 0. The van der Waals surface area contributed by atoms with Gasteiger partial charge in [-0.25, -0.2) is 0 Å². The Balaban J connectivity index is 1.81. The maximum Gasteiger partial charge on any atom is 0.162 e. The molecule has 3 aromatic rings. The van der Waals surface area contributed by atoms with Gasteiger partial charge in [0.25, 0.3) is 0 Å². The molecule has 3 aromatic carbocycles. The number of anilines is 1. The van der Waals surface area contributed by atoms with Gasteiger partial charge in [0.05, 0.1) is 0 Å². The highest BCUT2D eigenvalue weighted by Gasteiger charge is 2.41. The number of carbonyl (C=O) groups excluding carboxylic acids is 1. The molecule has 0 aromatic heterocycles. The van der Waals surface area contributed by atoms with Crippen molar-refractivity contribution in [1.29, 1.82) is 0 Å². The number of Topliss-reactive ketones (excluding diaryl/α,β-unsaturated/α-hetero) is 1. The Bertz CT molecular complexity index is 1140. The van der Waals surface area contributed by atoms with Crippen molar-refractivity contribution in [3.05, 3.63) is 87.5 Å². The molecular weight excluding hydrogens is 410 g/mol. The molecule has 0 bridgehead atoms. The molecule has 2 nitrogen and oxygen atoms in total. The monoisotopic (exact) mass is 431 g/mol. The lowest BCUT2D eigenvalue weighted by Crippen LogP contribution is -2.33. The van der Waals surface area contributed by atoms with Gasteiger partial charge in [-0.15, -0.1) is 0 Å². The predicted molar refractivity (Wildman–Crippen MR) is 119 cm³/mol. The molecule has 1 aliphatic heterocycles. The minimum atomic E-state index is -0.0333. The standard InChI is InChI=1S/C25H22BrNO/c1-25(2)13-20-24(21(28)14-25)22(16-7-10-17(26)11-8-16)23-18-6-4-3-5-15(18)9-12-19(23)27-20/h3-12,22,27H,13-14H2,1-2H3/t22-/m1/s1. The third-order valence-corrected chi connectivity index (χ3v) is 6.49. The van der Waals surface area contributed by atoms with E-state index >= 15 is 0 Å². The number of halogens is 1. The van der Waals surface area contributed by atoms with E-state index in [1.165, 1.54) is 21.9 Å². The minimum Gasteiger partial charge on any atom is -0.358 e. The van der Waals surface area contributed by atoms with Crippen molar-refractivity contribution in [2.24, 2.45) is 5.41 Å². The fraction of sp³-hybridized carbons (Fsp3) is 0.240. The van der Waals surface area contributed by atoms with Crippen molar-refractivity contribution in [3.8, 4) is 0 Å². The number of fused-ring (bicyclic) bond motifs is 3. The molecule has 0 saturated carbocycles. The maximum absolute atomic E-state index is 13.3. The fourth-order valence-corrected chi connectivity index (χ4v) is 5.06. The molecule has 1 atom stereocenters.